The Labute approximate surface area is 187 Å². The zero-order valence-electron chi connectivity index (χ0n) is 16.9. The quantitative estimate of drug-likeness (QED) is 0.164. The van der Waals surface area contributed by atoms with Crippen molar-refractivity contribution in [2.75, 3.05) is 13.2 Å². The lowest BCUT2D eigenvalue weighted by Crippen LogP contribution is -2.33. The monoisotopic (exact) mass is 552 g/mol. The Morgan fingerprint density at radius 3 is 2.26 bits per heavy atom. The van der Waals surface area contributed by atoms with Crippen molar-refractivity contribution in [3.8, 4) is 0 Å². The molecule has 0 aromatic carbocycles. The molecule has 3 rings (SSSR count). The second-order valence-electron chi connectivity index (χ2n) is 6.59. The maximum absolute atomic E-state index is 12.0. The van der Waals surface area contributed by atoms with E-state index in [-0.39, 0.29) is 11.2 Å². The van der Waals surface area contributed by atoms with E-state index in [1.807, 2.05) is 4.98 Å². The van der Waals surface area contributed by atoms with Crippen molar-refractivity contribution in [1.82, 2.24) is 19.5 Å². The van der Waals surface area contributed by atoms with Gasteiger partial charge < -0.3 is 29.6 Å². The van der Waals surface area contributed by atoms with Crippen LogP contribution < -0.4 is 11.2 Å². The molecule has 1 aliphatic rings. The van der Waals surface area contributed by atoms with Crippen molar-refractivity contribution in [2.24, 2.45) is 0 Å². The Morgan fingerprint density at radius 1 is 1.03 bits per heavy atom. The molecule has 2 aromatic heterocycles. The van der Waals surface area contributed by atoms with Gasteiger partial charge in [0.15, 0.2) is 11.7 Å². The topological polar surface area (TPSA) is 282 Å². The second kappa shape index (κ2) is 9.83. The molecule has 0 aliphatic carbocycles. The number of phosphoric acid groups is 3. The number of imidazole rings is 1. The minimum absolute atomic E-state index is 0.163. The van der Waals surface area contributed by atoms with E-state index in [1.54, 1.807) is 0 Å². The van der Waals surface area contributed by atoms with Crippen LogP contribution in [-0.2, 0) is 36.1 Å². The predicted molar refractivity (Wildman–Crippen MR) is 106 cm³/mol. The van der Waals surface area contributed by atoms with Crippen LogP contribution in [0.2, 0.25) is 0 Å². The van der Waals surface area contributed by atoms with Crippen LogP contribution in [0.3, 0.4) is 0 Å². The Bertz CT molecular complexity index is 1300. The molecule has 192 valence electrons. The molecule has 1 fully saturated rings. The maximum atomic E-state index is 12.0. The molecule has 1 aliphatic heterocycles. The van der Waals surface area contributed by atoms with Gasteiger partial charge in [0.25, 0.3) is 5.56 Å². The SMILES string of the molecule is CCOP(=O)(O)OP(=O)(O)OP(=O)(O)OC[C@H]1O[C@@H](n2cnc3c(=O)[nH]c(=O)[nH]c32)[C@H](O)[C@@H]1O. The normalized spacial score (nSPS) is 28.4. The molecule has 3 heterocycles. The van der Waals surface area contributed by atoms with E-state index in [9.17, 15) is 48.2 Å². The van der Waals surface area contributed by atoms with E-state index >= 15 is 0 Å². The highest BCUT2D eigenvalue weighted by Crippen LogP contribution is 2.67. The standard InChI is InChI=1S/C12H19N4O15P3/c1-2-27-32(21,22)30-34(25,26)31-33(23,24)28-3-5-7(17)8(18)11(29-5)16-4-13-6-9(16)14-12(20)15-10(6)19/h4-5,7-8,11,17-18H,2-3H2,1H3,(H,21,22)(H,23,24)(H,25,26)(H2,14,15,19,20)/t5-,7-,8-,11-/m1/s1. The van der Waals surface area contributed by atoms with Gasteiger partial charge in [0.05, 0.1) is 19.5 Å². The molecular formula is C12H19N4O15P3. The van der Waals surface area contributed by atoms with Crippen LogP contribution in [0.1, 0.15) is 13.2 Å². The molecule has 2 aromatic rings. The molecule has 0 bridgehead atoms. The van der Waals surface area contributed by atoms with Gasteiger partial charge in [0.2, 0.25) is 0 Å². The van der Waals surface area contributed by atoms with Crippen molar-refractivity contribution < 1.29 is 61.0 Å². The Morgan fingerprint density at radius 2 is 1.65 bits per heavy atom. The lowest BCUT2D eigenvalue weighted by molar-refractivity contribution is -0.0503. The number of phosphoric ester groups is 2. The van der Waals surface area contributed by atoms with Gasteiger partial charge in [-0.3, -0.25) is 28.4 Å². The molecule has 34 heavy (non-hydrogen) atoms. The predicted octanol–water partition coefficient (Wildman–Crippen LogP) is -1.58. The number of ether oxygens (including phenoxy) is 1. The summed E-state index contributed by atoms with van der Waals surface area (Å²) >= 11 is 0. The number of fused-ring (bicyclic) bond motifs is 1. The van der Waals surface area contributed by atoms with Gasteiger partial charge in [0, 0.05) is 0 Å². The molecule has 0 amide bonds. The molecule has 3 unspecified atom stereocenters. The molecule has 7 N–H and O–H groups in total. The Hall–Kier alpha value is -1.56. The molecule has 0 saturated carbocycles. The van der Waals surface area contributed by atoms with Crippen LogP contribution >= 0.6 is 23.5 Å². The summed E-state index contributed by atoms with van der Waals surface area (Å²) in [5.74, 6) is 0. The average Bonchev–Trinajstić information content (AvgIpc) is 3.20. The Balaban J connectivity index is 1.70. The van der Waals surface area contributed by atoms with Crippen LogP contribution in [0.25, 0.3) is 11.2 Å². The summed E-state index contributed by atoms with van der Waals surface area (Å²) in [6.45, 7) is -0.156. The minimum atomic E-state index is -5.65. The molecule has 1 saturated heterocycles. The van der Waals surface area contributed by atoms with Crippen LogP contribution in [0.5, 0.6) is 0 Å². The van der Waals surface area contributed by atoms with Gasteiger partial charge in [-0.15, -0.1) is 0 Å². The van der Waals surface area contributed by atoms with Gasteiger partial charge in [-0.1, -0.05) is 0 Å². The molecule has 0 spiro atoms. The first-order chi connectivity index (χ1) is 15.6. The van der Waals surface area contributed by atoms with E-state index in [2.05, 4.69) is 27.6 Å². The molecule has 19 nitrogen and oxygen atoms in total. The first-order valence-corrected chi connectivity index (χ1v) is 13.5. The van der Waals surface area contributed by atoms with Gasteiger partial charge in [-0.2, -0.15) is 8.62 Å². The molecule has 22 heteroatoms. The lowest BCUT2D eigenvalue weighted by Gasteiger charge is -2.20. The second-order valence-corrected chi connectivity index (χ2v) is 11.2. The maximum Gasteiger partial charge on any atom is 0.490 e. The van der Waals surface area contributed by atoms with Crippen LogP contribution in [0, 0.1) is 0 Å². The van der Waals surface area contributed by atoms with E-state index in [4.69, 9.17) is 4.74 Å². The zero-order chi connectivity index (χ0) is 25.5. The minimum Gasteiger partial charge on any atom is -0.387 e. The zero-order valence-corrected chi connectivity index (χ0v) is 19.5. The first-order valence-electron chi connectivity index (χ1n) is 9.05. The summed E-state index contributed by atoms with van der Waals surface area (Å²) < 4.78 is 57.8. The summed E-state index contributed by atoms with van der Waals surface area (Å²) in [6.07, 6.45) is -5.45. The van der Waals surface area contributed by atoms with Crippen LogP contribution in [0.15, 0.2) is 15.9 Å². The number of H-pyrrole nitrogens is 2. The summed E-state index contributed by atoms with van der Waals surface area (Å²) in [7, 11) is -16.2. The number of hydrogen-bond acceptors (Lipinski definition) is 13. The van der Waals surface area contributed by atoms with Crippen molar-refractivity contribution in [3.63, 3.8) is 0 Å². The third-order valence-electron chi connectivity index (χ3n) is 4.19. The molecule has 7 atom stereocenters. The number of nitrogens with zero attached hydrogens (tertiary/aromatic N) is 2. The summed E-state index contributed by atoms with van der Waals surface area (Å²) in [5, 5.41) is 20.5. The van der Waals surface area contributed by atoms with Gasteiger partial charge in [-0.05, 0) is 6.92 Å². The van der Waals surface area contributed by atoms with Crippen molar-refractivity contribution in [2.45, 2.75) is 31.5 Å². The third kappa shape index (κ3) is 6.16. The smallest absolute Gasteiger partial charge is 0.387 e. The number of aliphatic hydroxyl groups excluding tert-OH is 2. The number of aliphatic hydroxyl groups is 2. The largest absolute Gasteiger partial charge is 0.490 e. The lowest BCUT2D eigenvalue weighted by atomic mass is 10.1. The Kier molecular flexibility index (Phi) is 7.82. The average molecular weight is 552 g/mol. The number of aromatic amines is 2. The summed E-state index contributed by atoms with van der Waals surface area (Å²) in [6, 6.07) is 0. The number of hydrogen-bond donors (Lipinski definition) is 7. The number of rotatable bonds is 10. The third-order valence-corrected chi connectivity index (χ3v) is 8.55. The fourth-order valence-electron chi connectivity index (χ4n) is 2.90. The number of aromatic nitrogens is 4. The molecule has 0 radical (unpaired) electrons. The fraction of sp³-hybridized carbons (Fsp3) is 0.583. The van der Waals surface area contributed by atoms with Gasteiger partial charge >= 0.3 is 29.2 Å². The van der Waals surface area contributed by atoms with Crippen molar-refractivity contribution >= 4 is 34.6 Å². The highest BCUT2D eigenvalue weighted by molar-refractivity contribution is 7.66. The summed E-state index contributed by atoms with van der Waals surface area (Å²) in [4.78, 5) is 59.6. The van der Waals surface area contributed by atoms with Gasteiger partial charge in [0.1, 0.15) is 24.0 Å². The van der Waals surface area contributed by atoms with E-state index in [1.165, 1.54) is 6.92 Å². The first kappa shape index (κ1) is 27.0. The van der Waals surface area contributed by atoms with E-state index < -0.39 is 72.5 Å². The number of nitrogens with one attached hydrogen (secondary N) is 2. The van der Waals surface area contributed by atoms with Crippen LogP contribution in [-0.4, -0.2) is 75.9 Å². The van der Waals surface area contributed by atoms with Gasteiger partial charge in [-0.25, -0.2) is 23.5 Å². The van der Waals surface area contributed by atoms with E-state index in [0.717, 1.165) is 10.9 Å². The highest BCUT2D eigenvalue weighted by Gasteiger charge is 2.47. The fourth-order valence-corrected chi connectivity index (χ4v) is 6.41. The van der Waals surface area contributed by atoms with Crippen molar-refractivity contribution in [1.29, 1.82) is 0 Å². The van der Waals surface area contributed by atoms with Crippen molar-refractivity contribution in [3.05, 3.63) is 27.2 Å². The molecular weight excluding hydrogens is 533 g/mol. The van der Waals surface area contributed by atoms with E-state index in [0.29, 0.717) is 0 Å². The van der Waals surface area contributed by atoms with Crippen LogP contribution in [0.4, 0.5) is 0 Å². The highest BCUT2D eigenvalue weighted by atomic mass is 31.3. The summed E-state index contributed by atoms with van der Waals surface area (Å²) in [5.41, 5.74) is -2.11.